The first-order chi connectivity index (χ1) is 14.3. The van der Waals surface area contributed by atoms with E-state index in [2.05, 4.69) is 25.3 Å². The summed E-state index contributed by atoms with van der Waals surface area (Å²) in [6, 6.07) is 16.5. The van der Waals surface area contributed by atoms with Crippen LogP contribution in [0.15, 0.2) is 65.6 Å². The van der Waals surface area contributed by atoms with E-state index >= 15 is 0 Å². The number of anilines is 2. The van der Waals surface area contributed by atoms with E-state index in [4.69, 9.17) is 0 Å². The van der Waals surface area contributed by atoms with Crippen molar-refractivity contribution >= 4 is 33.0 Å². The fourth-order valence-electron chi connectivity index (χ4n) is 2.93. The number of nitrogens with zero attached hydrogens (tertiary/aromatic N) is 4. The van der Waals surface area contributed by atoms with Crippen LogP contribution in [0.2, 0.25) is 0 Å². The van der Waals surface area contributed by atoms with E-state index in [1.165, 1.54) is 31.2 Å². The lowest BCUT2D eigenvalue weighted by Crippen LogP contribution is -2.13. The molecule has 30 heavy (non-hydrogen) atoms. The smallest absolute Gasteiger partial charge is 0.261 e. The van der Waals surface area contributed by atoms with Crippen molar-refractivity contribution in [2.45, 2.75) is 18.7 Å². The Bertz CT molecular complexity index is 1350. The first kappa shape index (κ1) is 19.5. The van der Waals surface area contributed by atoms with Gasteiger partial charge in [0, 0.05) is 23.9 Å². The van der Waals surface area contributed by atoms with Gasteiger partial charge in [0.25, 0.3) is 10.0 Å². The molecular formula is C20H18N6O3S. The molecule has 0 unspecified atom stereocenters. The molecule has 9 nitrogen and oxygen atoms in total. The van der Waals surface area contributed by atoms with E-state index in [1.807, 2.05) is 6.07 Å². The predicted molar refractivity (Wildman–Crippen MR) is 113 cm³/mol. The number of hydrogen-bond acceptors (Lipinski definition) is 6. The molecule has 2 aromatic heterocycles. The van der Waals surface area contributed by atoms with Crippen LogP contribution in [0.4, 0.5) is 11.4 Å². The number of sulfonamides is 1. The molecule has 2 N–H and O–H groups in total. The van der Waals surface area contributed by atoms with Crippen molar-refractivity contribution in [2.24, 2.45) is 0 Å². The minimum Gasteiger partial charge on any atom is -0.326 e. The van der Waals surface area contributed by atoms with Crippen LogP contribution < -0.4 is 10.0 Å². The van der Waals surface area contributed by atoms with Crippen molar-refractivity contribution in [3.05, 3.63) is 66.5 Å². The number of aryl methyl sites for hydroxylation is 1. The zero-order valence-corrected chi connectivity index (χ0v) is 17.0. The van der Waals surface area contributed by atoms with Gasteiger partial charge in [0.2, 0.25) is 5.91 Å². The van der Waals surface area contributed by atoms with Gasteiger partial charge in [0.05, 0.1) is 10.6 Å². The molecule has 0 atom stereocenters. The Hall–Kier alpha value is -3.79. The van der Waals surface area contributed by atoms with Crippen molar-refractivity contribution in [1.29, 1.82) is 0 Å². The van der Waals surface area contributed by atoms with E-state index in [0.29, 0.717) is 28.5 Å². The average molecular weight is 422 g/mol. The number of hydrogen-bond donors (Lipinski definition) is 2. The number of benzene rings is 2. The number of carbonyl (C=O) groups is 1. The molecule has 0 aliphatic heterocycles. The summed E-state index contributed by atoms with van der Waals surface area (Å²) in [5.41, 5.74) is 2.96. The number of carbonyl (C=O) groups excluding carboxylic acids is 1. The Kier molecular flexibility index (Phi) is 4.92. The van der Waals surface area contributed by atoms with Crippen LogP contribution in [-0.4, -0.2) is 34.1 Å². The first-order valence-electron chi connectivity index (χ1n) is 9.02. The van der Waals surface area contributed by atoms with Gasteiger partial charge in [-0.25, -0.2) is 8.42 Å². The second kappa shape index (κ2) is 7.56. The van der Waals surface area contributed by atoms with E-state index in [-0.39, 0.29) is 10.8 Å². The van der Waals surface area contributed by atoms with Gasteiger partial charge >= 0.3 is 0 Å². The molecule has 0 saturated carbocycles. The van der Waals surface area contributed by atoms with Gasteiger partial charge in [0.15, 0.2) is 11.5 Å². The lowest BCUT2D eigenvalue weighted by atomic mass is 10.1. The number of aromatic nitrogens is 4. The Morgan fingerprint density at radius 2 is 1.73 bits per heavy atom. The minimum atomic E-state index is -3.80. The molecule has 4 aromatic rings. The fourth-order valence-corrected chi connectivity index (χ4v) is 3.98. The molecule has 10 heteroatoms. The molecule has 0 spiro atoms. The lowest BCUT2D eigenvalue weighted by Gasteiger charge is -2.10. The van der Waals surface area contributed by atoms with Gasteiger partial charge in [-0.05, 0) is 55.5 Å². The predicted octanol–water partition coefficient (Wildman–Crippen LogP) is 2.86. The van der Waals surface area contributed by atoms with Gasteiger partial charge in [-0.1, -0.05) is 12.1 Å². The summed E-state index contributed by atoms with van der Waals surface area (Å²) in [5, 5.41) is 15.1. The SMILES string of the molecule is CC(=O)Nc1ccc(S(=O)(=O)Nc2cccc(-c3ccc4nnc(C)n4n3)c2)cc1. The molecule has 0 aliphatic carbocycles. The van der Waals surface area contributed by atoms with Gasteiger partial charge < -0.3 is 5.32 Å². The maximum absolute atomic E-state index is 12.7. The molecular weight excluding hydrogens is 404 g/mol. The molecule has 0 aliphatic rings. The quantitative estimate of drug-likeness (QED) is 0.511. The van der Waals surface area contributed by atoms with E-state index < -0.39 is 10.0 Å². The summed E-state index contributed by atoms with van der Waals surface area (Å²) >= 11 is 0. The maximum atomic E-state index is 12.7. The van der Waals surface area contributed by atoms with Crippen LogP contribution in [0.5, 0.6) is 0 Å². The van der Waals surface area contributed by atoms with Gasteiger partial charge in [0.1, 0.15) is 0 Å². The average Bonchev–Trinajstić information content (AvgIpc) is 3.08. The van der Waals surface area contributed by atoms with E-state index in [1.54, 1.807) is 41.8 Å². The van der Waals surface area contributed by atoms with Crippen molar-refractivity contribution < 1.29 is 13.2 Å². The number of fused-ring (bicyclic) bond motifs is 1. The molecule has 2 aromatic carbocycles. The van der Waals surface area contributed by atoms with Crippen LogP contribution >= 0.6 is 0 Å². The lowest BCUT2D eigenvalue weighted by molar-refractivity contribution is -0.114. The highest BCUT2D eigenvalue weighted by molar-refractivity contribution is 7.92. The van der Waals surface area contributed by atoms with Crippen molar-refractivity contribution in [3.63, 3.8) is 0 Å². The van der Waals surface area contributed by atoms with E-state index in [9.17, 15) is 13.2 Å². The van der Waals surface area contributed by atoms with Crippen LogP contribution in [0.1, 0.15) is 12.7 Å². The normalized spacial score (nSPS) is 11.4. The van der Waals surface area contributed by atoms with Crippen molar-refractivity contribution in [3.8, 4) is 11.3 Å². The molecule has 0 saturated heterocycles. The molecule has 0 radical (unpaired) electrons. The maximum Gasteiger partial charge on any atom is 0.261 e. The largest absolute Gasteiger partial charge is 0.326 e. The summed E-state index contributed by atoms with van der Waals surface area (Å²) in [6.07, 6.45) is 0. The van der Waals surface area contributed by atoms with Crippen LogP contribution in [0, 0.1) is 6.92 Å². The van der Waals surface area contributed by atoms with Gasteiger partial charge in [-0.2, -0.15) is 9.61 Å². The standard InChI is InChI=1S/C20H18N6O3S/c1-13-22-23-20-11-10-19(24-26(13)20)15-4-3-5-17(12-15)25-30(28,29)18-8-6-16(7-9-18)21-14(2)27/h3-12,25H,1-2H3,(H,21,27). The Morgan fingerprint density at radius 3 is 2.47 bits per heavy atom. The summed E-state index contributed by atoms with van der Waals surface area (Å²) < 4.78 is 29.7. The molecule has 1 amide bonds. The van der Waals surface area contributed by atoms with Crippen LogP contribution in [0.3, 0.4) is 0 Å². The molecule has 2 heterocycles. The van der Waals surface area contributed by atoms with Gasteiger partial charge in [-0.15, -0.1) is 10.2 Å². The molecule has 0 bridgehead atoms. The summed E-state index contributed by atoms with van der Waals surface area (Å²) in [6.45, 7) is 3.19. The van der Waals surface area contributed by atoms with Gasteiger partial charge in [-0.3, -0.25) is 9.52 Å². The minimum absolute atomic E-state index is 0.0849. The number of rotatable bonds is 5. The first-order valence-corrected chi connectivity index (χ1v) is 10.5. The second-order valence-electron chi connectivity index (χ2n) is 6.63. The van der Waals surface area contributed by atoms with Crippen LogP contribution in [-0.2, 0) is 14.8 Å². The topological polar surface area (TPSA) is 118 Å². The zero-order valence-electron chi connectivity index (χ0n) is 16.2. The third-order valence-electron chi connectivity index (χ3n) is 4.31. The second-order valence-corrected chi connectivity index (χ2v) is 8.31. The molecule has 4 rings (SSSR count). The van der Waals surface area contributed by atoms with E-state index in [0.717, 1.165) is 5.56 Å². The van der Waals surface area contributed by atoms with Crippen molar-refractivity contribution in [2.75, 3.05) is 10.0 Å². The Labute approximate surface area is 172 Å². The number of nitrogens with one attached hydrogen (secondary N) is 2. The molecule has 152 valence electrons. The Morgan fingerprint density at radius 1 is 0.967 bits per heavy atom. The summed E-state index contributed by atoms with van der Waals surface area (Å²) in [5.74, 6) is 0.431. The molecule has 0 fully saturated rings. The van der Waals surface area contributed by atoms with Crippen molar-refractivity contribution in [1.82, 2.24) is 19.8 Å². The number of amides is 1. The summed E-state index contributed by atoms with van der Waals surface area (Å²) in [4.78, 5) is 11.2. The Balaban J connectivity index is 1.60. The monoisotopic (exact) mass is 422 g/mol. The third-order valence-corrected chi connectivity index (χ3v) is 5.71. The third kappa shape index (κ3) is 3.98. The highest BCUT2D eigenvalue weighted by atomic mass is 32.2. The summed E-state index contributed by atoms with van der Waals surface area (Å²) in [7, 11) is -3.80. The van der Waals surface area contributed by atoms with Crippen LogP contribution in [0.25, 0.3) is 16.9 Å². The zero-order chi connectivity index (χ0) is 21.3. The fraction of sp³-hybridized carbons (Fsp3) is 0.100. The highest BCUT2D eigenvalue weighted by Gasteiger charge is 2.15. The highest BCUT2D eigenvalue weighted by Crippen LogP contribution is 2.24.